The maximum Gasteiger partial charge on any atom is 0.424 e. The quantitative estimate of drug-likeness (QED) is 0.816. The molecule has 5 heteroatoms. The molecule has 0 spiro atoms. The van der Waals surface area contributed by atoms with Gasteiger partial charge in [-0.15, -0.1) is 0 Å². The van der Waals surface area contributed by atoms with E-state index in [1.54, 1.807) is 6.26 Å². The third kappa shape index (κ3) is 3.00. The number of nitrogens with one attached hydrogen (secondary N) is 1. The standard InChI is InChI=1S/C12H18N2O3/c1-12(2,3)17-11(15)14-7-6-9(13-14)10-5-4-8-16-10/h4-5,8-9,13H,6-7H2,1-3H3. The molecular formula is C12H18N2O3. The first-order chi connectivity index (χ1) is 7.96. The number of nitrogens with zero attached hydrogens (tertiary/aromatic N) is 1. The molecule has 17 heavy (non-hydrogen) atoms. The largest absolute Gasteiger partial charge is 0.468 e. The number of furan rings is 1. The summed E-state index contributed by atoms with van der Waals surface area (Å²) in [5, 5.41) is 1.50. The number of rotatable bonds is 1. The minimum atomic E-state index is -0.471. The molecule has 2 rings (SSSR count). The molecule has 1 aliphatic heterocycles. The van der Waals surface area contributed by atoms with Crippen LogP contribution in [0.3, 0.4) is 0 Å². The van der Waals surface area contributed by atoms with E-state index in [0.717, 1.165) is 12.2 Å². The van der Waals surface area contributed by atoms with Gasteiger partial charge in [-0.2, -0.15) is 0 Å². The van der Waals surface area contributed by atoms with Gasteiger partial charge < -0.3 is 9.15 Å². The molecule has 1 unspecified atom stereocenters. The minimum Gasteiger partial charge on any atom is -0.468 e. The van der Waals surface area contributed by atoms with Crippen LogP contribution in [0.5, 0.6) is 0 Å². The fraction of sp³-hybridized carbons (Fsp3) is 0.583. The van der Waals surface area contributed by atoms with Crippen LogP contribution in [0.15, 0.2) is 22.8 Å². The van der Waals surface area contributed by atoms with Gasteiger partial charge in [0.05, 0.1) is 12.3 Å². The van der Waals surface area contributed by atoms with Crippen LogP contribution in [0, 0.1) is 0 Å². The van der Waals surface area contributed by atoms with Crippen molar-refractivity contribution in [1.29, 1.82) is 0 Å². The maximum atomic E-state index is 11.8. The maximum absolute atomic E-state index is 11.8. The SMILES string of the molecule is CC(C)(C)OC(=O)N1CCC(c2ccco2)N1. The normalized spacial score (nSPS) is 20.6. The van der Waals surface area contributed by atoms with Gasteiger partial charge in [0.25, 0.3) is 0 Å². The summed E-state index contributed by atoms with van der Waals surface area (Å²) in [6, 6.07) is 3.79. The van der Waals surface area contributed by atoms with E-state index in [-0.39, 0.29) is 12.1 Å². The first-order valence-corrected chi connectivity index (χ1v) is 5.76. The molecule has 1 aliphatic rings. The molecule has 1 aromatic rings. The molecule has 1 N–H and O–H groups in total. The fourth-order valence-electron chi connectivity index (χ4n) is 1.73. The van der Waals surface area contributed by atoms with Crippen LogP contribution in [-0.2, 0) is 4.74 Å². The molecule has 0 aliphatic carbocycles. The summed E-state index contributed by atoms with van der Waals surface area (Å²) in [5.41, 5.74) is 2.61. The number of hydrogen-bond donors (Lipinski definition) is 1. The molecule has 1 saturated heterocycles. The van der Waals surface area contributed by atoms with Crippen LogP contribution in [0.1, 0.15) is 39.0 Å². The van der Waals surface area contributed by atoms with Gasteiger partial charge in [0.15, 0.2) is 0 Å². The molecule has 1 amide bonds. The zero-order valence-corrected chi connectivity index (χ0v) is 10.4. The van der Waals surface area contributed by atoms with Gasteiger partial charge in [0.2, 0.25) is 0 Å². The molecule has 1 fully saturated rings. The smallest absolute Gasteiger partial charge is 0.424 e. The fourth-order valence-corrected chi connectivity index (χ4v) is 1.73. The molecule has 1 atom stereocenters. The number of hydrogen-bond acceptors (Lipinski definition) is 4. The van der Waals surface area contributed by atoms with E-state index in [1.165, 1.54) is 5.01 Å². The second-order valence-electron chi connectivity index (χ2n) is 5.12. The molecule has 94 valence electrons. The second-order valence-corrected chi connectivity index (χ2v) is 5.12. The molecule has 5 nitrogen and oxygen atoms in total. The monoisotopic (exact) mass is 238 g/mol. The highest BCUT2D eigenvalue weighted by atomic mass is 16.6. The third-order valence-electron chi connectivity index (χ3n) is 2.45. The number of hydrazine groups is 1. The van der Waals surface area contributed by atoms with Crippen molar-refractivity contribution < 1.29 is 13.9 Å². The Morgan fingerprint density at radius 3 is 2.94 bits per heavy atom. The van der Waals surface area contributed by atoms with Crippen molar-refractivity contribution in [2.75, 3.05) is 6.54 Å². The average Bonchev–Trinajstić information content (AvgIpc) is 2.86. The lowest BCUT2D eigenvalue weighted by atomic mass is 10.2. The lowest BCUT2D eigenvalue weighted by molar-refractivity contribution is 0.0194. The minimum absolute atomic E-state index is 0.0533. The average molecular weight is 238 g/mol. The topological polar surface area (TPSA) is 54.7 Å². The zero-order chi connectivity index (χ0) is 12.5. The summed E-state index contributed by atoms with van der Waals surface area (Å²) in [4.78, 5) is 11.8. The van der Waals surface area contributed by atoms with Crippen LogP contribution < -0.4 is 5.43 Å². The van der Waals surface area contributed by atoms with Crippen LogP contribution in [-0.4, -0.2) is 23.2 Å². The molecule has 0 bridgehead atoms. The van der Waals surface area contributed by atoms with Gasteiger partial charge in [-0.1, -0.05) is 0 Å². The van der Waals surface area contributed by atoms with Gasteiger partial charge in [-0.3, -0.25) is 0 Å². The Kier molecular flexibility index (Phi) is 3.11. The zero-order valence-electron chi connectivity index (χ0n) is 10.4. The number of carbonyl (C=O) groups is 1. The van der Waals surface area contributed by atoms with Crippen molar-refractivity contribution in [3.63, 3.8) is 0 Å². The van der Waals surface area contributed by atoms with Crippen LogP contribution in [0.4, 0.5) is 4.79 Å². The summed E-state index contributed by atoms with van der Waals surface area (Å²) in [7, 11) is 0. The first kappa shape index (κ1) is 12.0. The third-order valence-corrected chi connectivity index (χ3v) is 2.45. The molecular weight excluding hydrogens is 220 g/mol. The van der Waals surface area contributed by atoms with Crippen molar-refractivity contribution in [3.05, 3.63) is 24.2 Å². The van der Waals surface area contributed by atoms with E-state index in [9.17, 15) is 4.79 Å². The molecule has 0 saturated carbocycles. The Bertz CT molecular complexity index is 381. The van der Waals surface area contributed by atoms with Crippen molar-refractivity contribution in [2.45, 2.75) is 38.8 Å². The van der Waals surface area contributed by atoms with Crippen molar-refractivity contribution in [1.82, 2.24) is 10.4 Å². The summed E-state index contributed by atoms with van der Waals surface area (Å²) in [5.74, 6) is 0.844. The number of carbonyl (C=O) groups excluding carboxylic acids is 1. The lowest BCUT2D eigenvalue weighted by Crippen LogP contribution is -2.41. The molecule has 0 aromatic carbocycles. The van der Waals surface area contributed by atoms with E-state index in [4.69, 9.17) is 9.15 Å². The first-order valence-electron chi connectivity index (χ1n) is 5.76. The summed E-state index contributed by atoms with van der Waals surface area (Å²) < 4.78 is 10.6. The van der Waals surface area contributed by atoms with E-state index in [1.807, 2.05) is 32.9 Å². The molecule has 2 heterocycles. The Balaban J connectivity index is 1.92. The molecule has 0 radical (unpaired) electrons. The van der Waals surface area contributed by atoms with Gasteiger partial charge in [-0.25, -0.2) is 15.2 Å². The van der Waals surface area contributed by atoms with Gasteiger partial charge >= 0.3 is 6.09 Å². The van der Waals surface area contributed by atoms with Gasteiger partial charge in [-0.05, 0) is 39.3 Å². The predicted octanol–water partition coefficient (Wildman–Crippen LogP) is 2.47. The number of ether oxygens (including phenoxy) is 1. The Hall–Kier alpha value is -1.49. The van der Waals surface area contributed by atoms with E-state index >= 15 is 0 Å². The van der Waals surface area contributed by atoms with Crippen LogP contribution in [0.25, 0.3) is 0 Å². The predicted molar refractivity (Wildman–Crippen MR) is 62.1 cm³/mol. The summed E-state index contributed by atoms with van der Waals surface area (Å²) in [6.07, 6.45) is 2.12. The van der Waals surface area contributed by atoms with Crippen molar-refractivity contribution >= 4 is 6.09 Å². The highest BCUT2D eigenvalue weighted by Gasteiger charge is 2.31. The highest BCUT2D eigenvalue weighted by molar-refractivity contribution is 5.67. The highest BCUT2D eigenvalue weighted by Crippen LogP contribution is 2.24. The Morgan fingerprint density at radius 2 is 2.35 bits per heavy atom. The van der Waals surface area contributed by atoms with E-state index in [0.29, 0.717) is 6.54 Å². The Labute approximate surface area is 101 Å². The van der Waals surface area contributed by atoms with Crippen molar-refractivity contribution in [2.24, 2.45) is 0 Å². The van der Waals surface area contributed by atoms with Gasteiger partial charge in [0.1, 0.15) is 11.4 Å². The summed E-state index contributed by atoms with van der Waals surface area (Å²) in [6.45, 7) is 6.18. The Morgan fingerprint density at radius 1 is 1.59 bits per heavy atom. The lowest BCUT2D eigenvalue weighted by Gasteiger charge is -2.24. The van der Waals surface area contributed by atoms with Gasteiger partial charge in [0, 0.05) is 6.54 Å². The van der Waals surface area contributed by atoms with E-state index in [2.05, 4.69) is 5.43 Å². The van der Waals surface area contributed by atoms with Crippen molar-refractivity contribution in [3.8, 4) is 0 Å². The molecule has 1 aromatic heterocycles. The van der Waals surface area contributed by atoms with E-state index < -0.39 is 5.60 Å². The second kappa shape index (κ2) is 4.41. The number of amides is 1. The van der Waals surface area contributed by atoms with Crippen LogP contribution >= 0.6 is 0 Å². The summed E-state index contributed by atoms with van der Waals surface area (Å²) >= 11 is 0. The van der Waals surface area contributed by atoms with Crippen LogP contribution in [0.2, 0.25) is 0 Å².